The lowest BCUT2D eigenvalue weighted by Gasteiger charge is -2.29. The van der Waals surface area contributed by atoms with E-state index in [1.54, 1.807) is 7.11 Å². The zero-order valence-electron chi connectivity index (χ0n) is 16.6. The highest BCUT2D eigenvalue weighted by Crippen LogP contribution is 2.24. The predicted octanol–water partition coefficient (Wildman–Crippen LogP) is 3.64. The monoisotopic (exact) mass is 470 g/mol. The number of nitrogens with one attached hydrogen (secondary N) is 1. The highest BCUT2D eigenvalue weighted by molar-refractivity contribution is 14.0. The van der Waals surface area contributed by atoms with E-state index in [0.29, 0.717) is 0 Å². The van der Waals surface area contributed by atoms with Crippen LogP contribution in [0.3, 0.4) is 0 Å². The number of nitrogens with zero attached hydrogens (tertiary/aromatic N) is 3. The largest absolute Gasteiger partial charge is 0.497 e. The summed E-state index contributed by atoms with van der Waals surface area (Å²) in [5, 5.41) is 3.50. The van der Waals surface area contributed by atoms with E-state index in [9.17, 15) is 0 Å². The van der Waals surface area contributed by atoms with Crippen molar-refractivity contribution in [1.82, 2.24) is 14.8 Å². The van der Waals surface area contributed by atoms with Crippen LogP contribution in [-0.2, 0) is 19.0 Å². The Bertz CT molecular complexity index is 707. The maximum Gasteiger partial charge on any atom is 0.193 e. The van der Waals surface area contributed by atoms with Gasteiger partial charge in [-0.3, -0.25) is 4.99 Å². The fraction of sp³-hybridized carbons (Fsp3) is 0.450. The van der Waals surface area contributed by atoms with E-state index in [0.717, 1.165) is 24.8 Å². The van der Waals surface area contributed by atoms with E-state index in [4.69, 9.17) is 4.74 Å². The van der Waals surface area contributed by atoms with Crippen molar-refractivity contribution >= 4 is 29.9 Å². The molecule has 5 nitrogen and oxygen atoms in total. The van der Waals surface area contributed by atoms with E-state index in [-0.39, 0.29) is 29.4 Å². The van der Waals surface area contributed by atoms with E-state index in [2.05, 4.69) is 78.2 Å². The molecule has 0 atom stereocenters. The number of ether oxygens (including phenoxy) is 1. The molecule has 26 heavy (non-hydrogen) atoms. The predicted molar refractivity (Wildman–Crippen MR) is 120 cm³/mol. The van der Waals surface area contributed by atoms with Crippen LogP contribution in [0.4, 0.5) is 0 Å². The second-order valence-corrected chi connectivity index (χ2v) is 6.98. The van der Waals surface area contributed by atoms with Crippen LogP contribution in [0.25, 0.3) is 0 Å². The van der Waals surface area contributed by atoms with Gasteiger partial charge in [0.1, 0.15) is 5.75 Å². The van der Waals surface area contributed by atoms with Crippen LogP contribution < -0.4 is 10.1 Å². The molecule has 0 unspecified atom stereocenters. The molecule has 0 aliphatic heterocycles. The van der Waals surface area contributed by atoms with Gasteiger partial charge in [0, 0.05) is 45.0 Å². The highest BCUT2D eigenvalue weighted by Gasteiger charge is 2.22. The number of aryl methyl sites for hydroxylation is 1. The van der Waals surface area contributed by atoms with E-state index < -0.39 is 0 Å². The molecule has 1 aromatic carbocycles. The van der Waals surface area contributed by atoms with Crippen molar-refractivity contribution in [2.45, 2.75) is 25.8 Å². The molecule has 0 bridgehead atoms. The molecule has 1 N–H and O–H groups in total. The van der Waals surface area contributed by atoms with Gasteiger partial charge < -0.3 is 19.5 Å². The Morgan fingerprint density at radius 3 is 2.38 bits per heavy atom. The van der Waals surface area contributed by atoms with Crippen LogP contribution in [-0.4, -0.2) is 43.2 Å². The first-order chi connectivity index (χ1) is 11.9. The van der Waals surface area contributed by atoms with Crippen molar-refractivity contribution in [2.24, 2.45) is 12.0 Å². The molecule has 0 fully saturated rings. The number of hydrogen-bond donors (Lipinski definition) is 1. The van der Waals surface area contributed by atoms with E-state index in [1.165, 1.54) is 11.3 Å². The maximum atomic E-state index is 5.25. The van der Waals surface area contributed by atoms with Crippen molar-refractivity contribution in [2.75, 3.05) is 27.7 Å². The third-order valence-corrected chi connectivity index (χ3v) is 4.58. The molecule has 0 radical (unpaired) electrons. The van der Waals surface area contributed by atoms with Crippen molar-refractivity contribution in [3.8, 4) is 5.75 Å². The number of aromatic nitrogens is 1. The molecule has 0 saturated carbocycles. The Balaban J connectivity index is 0.00000338. The third-order valence-electron chi connectivity index (χ3n) is 4.58. The zero-order valence-corrected chi connectivity index (χ0v) is 18.9. The van der Waals surface area contributed by atoms with Gasteiger partial charge >= 0.3 is 0 Å². The Hall–Kier alpha value is -1.70. The van der Waals surface area contributed by atoms with Crippen molar-refractivity contribution in [1.29, 1.82) is 0 Å². The average molecular weight is 470 g/mol. The van der Waals surface area contributed by atoms with Crippen molar-refractivity contribution in [3.05, 3.63) is 53.9 Å². The van der Waals surface area contributed by atoms with Crippen LogP contribution >= 0.6 is 24.0 Å². The first-order valence-corrected chi connectivity index (χ1v) is 8.54. The molecular weight excluding hydrogens is 439 g/mol. The lowest BCUT2D eigenvalue weighted by atomic mass is 9.84. The Labute approximate surface area is 174 Å². The molecule has 144 valence electrons. The lowest BCUT2D eigenvalue weighted by molar-refractivity contribution is 0.413. The summed E-state index contributed by atoms with van der Waals surface area (Å²) in [4.78, 5) is 6.56. The second-order valence-electron chi connectivity index (χ2n) is 6.98. The number of benzene rings is 1. The molecule has 0 saturated heterocycles. The van der Waals surface area contributed by atoms with Crippen LogP contribution in [0.1, 0.15) is 25.1 Å². The first kappa shape index (κ1) is 22.3. The average Bonchev–Trinajstić information content (AvgIpc) is 3.00. The second kappa shape index (κ2) is 9.85. The molecule has 2 rings (SSSR count). The summed E-state index contributed by atoms with van der Waals surface area (Å²) in [6, 6.07) is 12.5. The number of rotatable bonds is 6. The number of guanidine groups is 1. The Morgan fingerprint density at radius 2 is 1.88 bits per heavy atom. The summed E-state index contributed by atoms with van der Waals surface area (Å²) in [5.41, 5.74) is 2.50. The van der Waals surface area contributed by atoms with Gasteiger partial charge in [-0.05, 0) is 29.8 Å². The molecule has 2 aromatic rings. The zero-order chi connectivity index (χ0) is 18.4. The quantitative estimate of drug-likeness (QED) is 0.398. The SMILES string of the molecule is CN=C(NCC(C)(C)c1ccc(OC)cc1)N(C)Cc1cccn1C.I. The summed E-state index contributed by atoms with van der Waals surface area (Å²) in [5.74, 6) is 1.77. The van der Waals surface area contributed by atoms with Gasteiger partial charge in [0.15, 0.2) is 5.96 Å². The standard InChI is InChI=1S/C20H30N4O.HI/c1-20(2,16-9-11-18(25-6)12-10-16)15-22-19(21-3)24(5)14-17-8-7-13-23(17)4;/h7-13H,14-15H2,1-6H3,(H,21,22);1H. The number of aliphatic imine (C=N–C) groups is 1. The van der Waals surface area contributed by atoms with Gasteiger partial charge in [-0.25, -0.2) is 0 Å². The van der Waals surface area contributed by atoms with Gasteiger partial charge in [-0.2, -0.15) is 0 Å². The fourth-order valence-corrected chi connectivity index (χ4v) is 2.81. The smallest absolute Gasteiger partial charge is 0.193 e. The summed E-state index contributed by atoms with van der Waals surface area (Å²) in [6.07, 6.45) is 2.06. The summed E-state index contributed by atoms with van der Waals surface area (Å²) in [6.45, 7) is 6.06. The van der Waals surface area contributed by atoms with Crippen LogP contribution in [0, 0.1) is 0 Å². The third kappa shape index (κ3) is 5.65. The van der Waals surface area contributed by atoms with Crippen molar-refractivity contribution in [3.63, 3.8) is 0 Å². The van der Waals surface area contributed by atoms with Gasteiger partial charge in [-0.1, -0.05) is 26.0 Å². The molecule has 0 spiro atoms. The molecule has 1 aromatic heterocycles. The highest BCUT2D eigenvalue weighted by atomic mass is 127. The van der Waals surface area contributed by atoms with Crippen LogP contribution in [0.5, 0.6) is 5.75 Å². The molecule has 0 aliphatic rings. The Morgan fingerprint density at radius 1 is 1.23 bits per heavy atom. The number of hydrogen-bond acceptors (Lipinski definition) is 2. The minimum Gasteiger partial charge on any atom is -0.497 e. The molecule has 1 heterocycles. The molecule has 6 heteroatoms. The maximum absolute atomic E-state index is 5.25. The normalized spacial score (nSPS) is 11.7. The fourth-order valence-electron chi connectivity index (χ4n) is 2.81. The van der Waals surface area contributed by atoms with E-state index in [1.807, 2.05) is 19.2 Å². The van der Waals surface area contributed by atoms with Gasteiger partial charge in [0.05, 0.1) is 13.7 Å². The van der Waals surface area contributed by atoms with Crippen molar-refractivity contribution < 1.29 is 4.74 Å². The van der Waals surface area contributed by atoms with Gasteiger partial charge in [-0.15, -0.1) is 24.0 Å². The lowest BCUT2D eigenvalue weighted by Crippen LogP contribution is -2.44. The summed E-state index contributed by atoms with van der Waals surface area (Å²) >= 11 is 0. The summed E-state index contributed by atoms with van der Waals surface area (Å²) in [7, 11) is 7.63. The van der Waals surface area contributed by atoms with Crippen LogP contribution in [0.15, 0.2) is 47.6 Å². The van der Waals surface area contributed by atoms with Crippen LogP contribution in [0.2, 0.25) is 0 Å². The summed E-state index contributed by atoms with van der Waals surface area (Å²) < 4.78 is 7.38. The number of halogens is 1. The minimum atomic E-state index is -0.0198. The molecular formula is C20H31IN4O. The minimum absolute atomic E-state index is 0. The topological polar surface area (TPSA) is 41.8 Å². The molecule has 0 amide bonds. The number of methoxy groups -OCH3 is 1. The Kier molecular flexibility index (Phi) is 8.46. The first-order valence-electron chi connectivity index (χ1n) is 8.54. The molecule has 0 aliphatic carbocycles. The van der Waals surface area contributed by atoms with Gasteiger partial charge in [0.2, 0.25) is 0 Å². The van der Waals surface area contributed by atoms with Gasteiger partial charge in [0.25, 0.3) is 0 Å². The van der Waals surface area contributed by atoms with E-state index >= 15 is 0 Å².